The molecule has 0 aliphatic carbocycles. The number of nitrogens with one attached hydrogen (secondary N) is 1. The molecule has 0 spiro atoms. The van der Waals surface area contributed by atoms with E-state index in [2.05, 4.69) is 48.0 Å². The molecule has 1 aliphatic heterocycles. The summed E-state index contributed by atoms with van der Waals surface area (Å²) in [5.74, 6) is 3.11. The first-order valence-electron chi connectivity index (χ1n) is 8.04. The molecule has 0 radical (unpaired) electrons. The summed E-state index contributed by atoms with van der Waals surface area (Å²) >= 11 is 2.08. The number of nitrogens with zero attached hydrogens (tertiary/aromatic N) is 2. The zero-order valence-electron chi connectivity index (χ0n) is 14.2. The molecular formula is C17H28IN3OS. The number of guanidine groups is 1. The normalized spacial score (nSPS) is 18.3. The van der Waals surface area contributed by atoms with Crippen LogP contribution in [0.4, 0.5) is 0 Å². The molecule has 1 saturated heterocycles. The Bertz CT molecular complexity index is 481. The van der Waals surface area contributed by atoms with Crippen molar-refractivity contribution in [2.24, 2.45) is 4.99 Å². The van der Waals surface area contributed by atoms with Gasteiger partial charge in [-0.05, 0) is 31.0 Å². The first kappa shape index (κ1) is 20.4. The van der Waals surface area contributed by atoms with E-state index in [4.69, 9.17) is 9.73 Å². The van der Waals surface area contributed by atoms with Crippen LogP contribution in [0.2, 0.25) is 0 Å². The van der Waals surface area contributed by atoms with Crippen molar-refractivity contribution in [3.05, 3.63) is 29.8 Å². The SMILES string of the molecule is CCNC(=NCc1ccc(OC)cc1)N1CCSC(CC)C1.I. The van der Waals surface area contributed by atoms with E-state index in [0.717, 1.165) is 36.6 Å². The van der Waals surface area contributed by atoms with Crippen LogP contribution in [-0.2, 0) is 6.54 Å². The zero-order valence-corrected chi connectivity index (χ0v) is 17.4. The van der Waals surface area contributed by atoms with E-state index >= 15 is 0 Å². The van der Waals surface area contributed by atoms with Crippen LogP contribution in [0.5, 0.6) is 5.75 Å². The second-order valence-electron chi connectivity index (χ2n) is 5.37. The minimum absolute atomic E-state index is 0. The molecule has 1 aromatic rings. The van der Waals surface area contributed by atoms with E-state index in [-0.39, 0.29) is 24.0 Å². The second-order valence-corrected chi connectivity index (χ2v) is 6.77. The maximum atomic E-state index is 5.19. The smallest absolute Gasteiger partial charge is 0.194 e. The van der Waals surface area contributed by atoms with Gasteiger partial charge in [-0.1, -0.05) is 19.1 Å². The number of ether oxygens (including phenoxy) is 1. The molecule has 0 aromatic heterocycles. The Kier molecular flexibility index (Phi) is 9.78. The van der Waals surface area contributed by atoms with E-state index in [9.17, 15) is 0 Å². The number of hydrogen-bond acceptors (Lipinski definition) is 3. The van der Waals surface area contributed by atoms with E-state index in [1.54, 1.807) is 7.11 Å². The van der Waals surface area contributed by atoms with Crippen molar-refractivity contribution in [3.63, 3.8) is 0 Å². The van der Waals surface area contributed by atoms with Crippen LogP contribution >= 0.6 is 35.7 Å². The highest BCUT2D eigenvalue weighted by Gasteiger charge is 2.21. The Morgan fingerprint density at radius 3 is 2.70 bits per heavy atom. The molecule has 23 heavy (non-hydrogen) atoms. The topological polar surface area (TPSA) is 36.9 Å². The molecule has 1 heterocycles. The molecule has 1 fully saturated rings. The Morgan fingerprint density at radius 2 is 2.09 bits per heavy atom. The summed E-state index contributed by atoms with van der Waals surface area (Å²) in [5, 5.41) is 4.15. The largest absolute Gasteiger partial charge is 0.497 e. The molecule has 1 aromatic carbocycles. The molecule has 1 atom stereocenters. The maximum absolute atomic E-state index is 5.19. The third kappa shape index (κ3) is 6.41. The highest BCUT2D eigenvalue weighted by atomic mass is 127. The first-order chi connectivity index (χ1) is 10.8. The highest BCUT2D eigenvalue weighted by molar-refractivity contribution is 14.0. The molecule has 130 valence electrons. The summed E-state index contributed by atoms with van der Waals surface area (Å²) in [6, 6.07) is 8.13. The number of thioether (sulfide) groups is 1. The van der Waals surface area contributed by atoms with Gasteiger partial charge in [0, 0.05) is 30.6 Å². The van der Waals surface area contributed by atoms with Crippen LogP contribution in [0.25, 0.3) is 0 Å². The second kappa shape index (κ2) is 11.0. The lowest BCUT2D eigenvalue weighted by Crippen LogP contribution is -2.48. The molecule has 0 amide bonds. The third-order valence-corrected chi connectivity index (χ3v) is 5.17. The fraction of sp³-hybridized carbons (Fsp3) is 0.588. The van der Waals surface area contributed by atoms with E-state index < -0.39 is 0 Å². The standard InChI is InChI=1S/C17H27N3OS.HI/c1-4-16-13-20(10-11-22-16)17(18-5-2)19-12-14-6-8-15(21-3)9-7-14;/h6-9,16H,4-5,10-13H2,1-3H3,(H,18,19);1H. The molecule has 0 saturated carbocycles. The van der Waals surface area contributed by atoms with Gasteiger partial charge in [-0.25, -0.2) is 4.99 Å². The minimum atomic E-state index is 0. The van der Waals surface area contributed by atoms with Gasteiger partial charge in [0.25, 0.3) is 0 Å². The van der Waals surface area contributed by atoms with E-state index in [1.165, 1.54) is 17.7 Å². The Hall–Kier alpha value is -0.630. The predicted molar refractivity (Wildman–Crippen MR) is 111 cm³/mol. The molecule has 0 bridgehead atoms. The van der Waals surface area contributed by atoms with Crippen molar-refractivity contribution in [1.29, 1.82) is 0 Å². The third-order valence-electron chi connectivity index (χ3n) is 3.80. The molecule has 6 heteroatoms. The maximum Gasteiger partial charge on any atom is 0.194 e. The average Bonchev–Trinajstić information content (AvgIpc) is 2.59. The minimum Gasteiger partial charge on any atom is -0.497 e. The fourth-order valence-electron chi connectivity index (χ4n) is 2.48. The van der Waals surface area contributed by atoms with Gasteiger partial charge in [-0.2, -0.15) is 11.8 Å². The number of rotatable bonds is 5. The molecule has 4 nitrogen and oxygen atoms in total. The number of benzene rings is 1. The summed E-state index contributed by atoms with van der Waals surface area (Å²) in [6.07, 6.45) is 1.22. The van der Waals surface area contributed by atoms with Crippen molar-refractivity contribution in [3.8, 4) is 5.75 Å². The van der Waals surface area contributed by atoms with E-state index in [1.807, 2.05) is 12.1 Å². The van der Waals surface area contributed by atoms with Crippen LogP contribution in [0.3, 0.4) is 0 Å². The predicted octanol–water partition coefficient (Wildman–Crippen LogP) is 3.61. The van der Waals surface area contributed by atoms with Crippen LogP contribution in [0, 0.1) is 0 Å². The average molecular weight is 449 g/mol. The number of halogens is 1. The number of aliphatic imine (C=N–C) groups is 1. The lowest BCUT2D eigenvalue weighted by molar-refractivity contribution is 0.408. The van der Waals surface area contributed by atoms with Gasteiger partial charge >= 0.3 is 0 Å². The molecular weight excluding hydrogens is 421 g/mol. The molecule has 1 unspecified atom stereocenters. The van der Waals surface area contributed by atoms with Crippen LogP contribution in [-0.4, -0.2) is 48.6 Å². The molecule has 1 N–H and O–H groups in total. The molecule has 1 aliphatic rings. The quantitative estimate of drug-likeness (QED) is 0.424. The summed E-state index contributed by atoms with van der Waals surface area (Å²) < 4.78 is 5.19. The highest BCUT2D eigenvalue weighted by Crippen LogP contribution is 2.21. The fourth-order valence-corrected chi connectivity index (χ4v) is 3.66. The van der Waals surface area contributed by atoms with E-state index in [0.29, 0.717) is 6.54 Å². The van der Waals surface area contributed by atoms with Crippen LogP contribution in [0.1, 0.15) is 25.8 Å². The first-order valence-corrected chi connectivity index (χ1v) is 9.09. The van der Waals surface area contributed by atoms with Gasteiger partial charge in [0.2, 0.25) is 0 Å². The monoisotopic (exact) mass is 449 g/mol. The Balaban J connectivity index is 0.00000264. The van der Waals surface area contributed by atoms with Gasteiger partial charge in [0.05, 0.1) is 13.7 Å². The van der Waals surface area contributed by atoms with Crippen molar-refractivity contribution in [2.75, 3.05) is 32.5 Å². The van der Waals surface area contributed by atoms with Crippen molar-refractivity contribution >= 4 is 41.7 Å². The van der Waals surface area contributed by atoms with Crippen LogP contribution in [0.15, 0.2) is 29.3 Å². The van der Waals surface area contributed by atoms with Crippen molar-refractivity contribution in [2.45, 2.75) is 32.1 Å². The van der Waals surface area contributed by atoms with Gasteiger partial charge in [0.1, 0.15) is 5.75 Å². The van der Waals surface area contributed by atoms with Crippen LogP contribution < -0.4 is 10.1 Å². The van der Waals surface area contributed by atoms with Gasteiger partial charge < -0.3 is 15.0 Å². The summed E-state index contributed by atoms with van der Waals surface area (Å²) in [5.41, 5.74) is 1.20. The zero-order chi connectivity index (χ0) is 15.8. The number of methoxy groups -OCH3 is 1. The van der Waals surface area contributed by atoms with Gasteiger partial charge in [0.15, 0.2) is 5.96 Å². The van der Waals surface area contributed by atoms with Crippen molar-refractivity contribution < 1.29 is 4.74 Å². The lowest BCUT2D eigenvalue weighted by atomic mass is 10.2. The van der Waals surface area contributed by atoms with Gasteiger partial charge in [-0.3, -0.25) is 0 Å². The Labute approximate surface area is 161 Å². The molecule has 2 rings (SSSR count). The van der Waals surface area contributed by atoms with Gasteiger partial charge in [-0.15, -0.1) is 24.0 Å². The summed E-state index contributed by atoms with van der Waals surface area (Å²) in [7, 11) is 1.69. The van der Waals surface area contributed by atoms with Crippen molar-refractivity contribution in [1.82, 2.24) is 10.2 Å². The summed E-state index contributed by atoms with van der Waals surface area (Å²) in [4.78, 5) is 7.21. The summed E-state index contributed by atoms with van der Waals surface area (Å²) in [6.45, 7) is 8.17. The number of hydrogen-bond donors (Lipinski definition) is 1. The Morgan fingerprint density at radius 1 is 1.35 bits per heavy atom. The lowest BCUT2D eigenvalue weighted by Gasteiger charge is -2.34.